The fourth-order valence-electron chi connectivity index (χ4n) is 2.93. The van der Waals surface area contributed by atoms with E-state index in [1.54, 1.807) is 0 Å². The zero-order valence-electron chi connectivity index (χ0n) is 12.4. The molecule has 3 aromatic rings. The van der Waals surface area contributed by atoms with Crippen molar-refractivity contribution in [3.05, 3.63) is 107 Å². The van der Waals surface area contributed by atoms with E-state index in [4.69, 9.17) is 16.3 Å². The second kappa shape index (κ2) is 5.94. The van der Waals surface area contributed by atoms with Crippen LogP contribution in [-0.4, -0.2) is 0 Å². The van der Waals surface area contributed by atoms with Crippen LogP contribution in [0.3, 0.4) is 0 Å². The van der Waals surface area contributed by atoms with E-state index in [0.717, 1.165) is 22.1 Å². The molecule has 0 amide bonds. The number of hydrogen-bond acceptors (Lipinski definition) is 1. The van der Waals surface area contributed by atoms with E-state index in [1.165, 1.54) is 11.1 Å². The SMILES string of the molecule is Clc1ccc(C2C=C(c3ccccc3)Oc3ccccc32)cc1. The van der Waals surface area contributed by atoms with E-state index in [-0.39, 0.29) is 5.92 Å². The van der Waals surface area contributed by atoms with Gasteiger partial charge in [-0.2, -0.15) is 0 Å². The number of benzene rings is 3. The minimum absolute atomic E-state index is 0.160. The van der Waals surface area contributed by atoms with Gasteiger partial charge in [-0.25, -0.2) is 0 Å². The van der Waals surface area contributed by atoms with Crippen LogP contribution in [0.25, 0.3) is 5.76 Å². The highest BCUT2D eigenvalue weighted by Crippen LogP contribution is 2.40. The van der Waals surface area contributed by atoms with Gasteiger partial charge < -0.3 is 4.74 Å². The van der Waals surface area contributed by atoms with Gasteiger partial charge in [0.25, 0.3) is 0 Å². The lowest BCUT2D eigenvalue weighted by Gasteiger charge is -2.25. The molecule has 0 saturated heterocycles. The third kappa shape index (κ3) is 2.76. The summed E-state index contributed by atoms with van der Waals surface area (Å²) in [7, 11) is 0. The Labute approximate surface area is 140 Å². The van der Waals surface area contributed by atoms with Crippen LogP contribution in [0.2, 0.25) is 5.02 Å². The summed E-state index contributed by atoms with van der Waals surface area (Å²) in [5, 5.41) is 0.751. The van der Waals surface area contributed by atoms with Gasteiger partial charge in [0, 0.05) is 22.1 Å². The molecule has 0 saturated carbocycles. The van der Waals surface area contributed by atoms with Gasteiger partial charge in [0.1, 0.15) is 11.5 Å². The lowest BCUT2D eigenvalue weighted by atomic mass is 9.88. The molecule has 3 aromatic carbocycles. The molecular weight excluding hydrogens is 304 g/mol. The van der Waals surface area contributed by atoms with Crippen LogP contribution >= 0.6 is 11.6 Å². The topological polar surface area (TPSA) is 9.23 Å². The average Bonchev–Trinajstić information content (AvgIpc) is 2.62. The normalized spacial score (nSPS) is 16.2. The van der Waals surface area contributed by atoms with Gasteiger partial charge in [0.15, 0.2) is 0 Å². The number of ether oxygens (including phenoxy) is 1. The van der Waals surface area contributed by atoms with Crippen LogP contribution in [0.1, 0.15) is 22.6 Å². The second-order valence-corrected chi connectivity index (χ2v) is 6.00. The molecule has 1 unspecified atom stereocenters. The Morgan fingerprint density at radius 2 is 1.43 bits per heavy atom. The predicted octanol–water partition coefficient (Wildman–Crippen LogP) is 5.91. The number of para-hydroxylation sites is 1. The van der Waals surface area contributed by atoms with Crippen LogP contribution in [-0.2, 0) is 0 Å². The predicted molar refractivity (Wildman–Crippen MR) is 94.8 cm³/mol. The molecule has 1 atom stereocenters. The summed E-state index contributed by atoms with van der Waals surface area (Å²) in [6.07, 6.45) is 2.18. The van der Waals surface area contributed by atoms with E-state index in [0.29, 0.717) is 0 Å². The summed E-state index contributed by atoms with van der Waals surface area (Å²) in [6, 6.07) is 26.4. The highest BCUT2D eigenvalue weighted by molar-refractivity contribution is 6.30. The first-order chi connectivity index (χ1) is 11.3. The Morgan fingerprint density at radius 3 is 2.22 bits per heavy atom. The van der Waals surface area contributed by atoms with Crippen LogP contribution < -0.4 is 4.74 Å². The van der Waals surface area contributed by atoms with Gasteiger partial charge in [-0.15, -0.1) is 0 Å². The van der Waals surface area contributed by atoms with Crippen LogP contribution in [0.5, 0.6) is 5.75 Å². The number of allylic oxidation sites excluding steroid dienone is 1. The van der Waals surface area contributed by atoms with Crippen LogP contribution in [0.4, 0.5) is 0 Å². The number of hydrogen-bond donors (Lipinski definition) is 0. The summed E-state index contributed by atoms with van der Waals surface area (Å²) in [6.45, 7) is 0. The summed E-state index contributed by atoms with van der Waals surface area (Å²) in [5.74, 6) is 1.96. The fraction of sp³-hybridized carbons (Fsp3) is 0.0476. The number of fused-ring (bicyclic) bond motifs is 1. The summed E-state index contributed by atoms with van der Waals surface area (Å²) >= 11 is 6.04. The Bertz CT molecular complexity index is 851. The van der Waals surface area contributed by atoms with Crippen molar-refractivity contribution in [1.29, 1.82) is 0 Å². The first kappa shape index (κ1) is 14.1. The molecule has 0 radical (unpaired) electrons. The third-order valence-corrected chi connectivity index (χ3v) is 4.33. The molecule has 1 aliphatic rings. The lowest BCUT2D eigenvalue weighted by Crippen LogP contribution is -2.10. The zero-order valence-corrected chi connectivity index (χ0v) is 13.2. The zero-order chi connectivity index (χ0) is 15.6. The van der Waals surface area contributed by atoms with E-state index in [2.05, 4.69) is 36.4 Å². The highest BCUT2D eigenvalue weighted by Gasteiger charge is 2.23. The molecule has 1 heterocycles. The summed E-state index contributed by atoms with van der Waals surface area (Å²) < 4.78 is 6.13. The second-order valence-electron chi connectivity index (χ2n) is 5.57. The number of halogens is 1. The van der Waals surface area contributed by atoms with Crippen molar-refractivity contribution in [2.24, 2.45) is 0 Å². The lowest BCUT2D eigenvalue weighted by molar-refractivity contribution is 0.492. The molecule has 112 valence electrons. The molecular formula is C21H15ClO. The Morgan fingerprint density at radius 1 is 0.739 bits per heavy atom. The smallest absolute Gasteiger partial charge is 0.131 e. The maximum Gasteiger partial charge on any atom is 0.131 e. The van der Waals surface area contributed by atoms with Crippen LogP contribution in [0, 0.1) is 0 Å². The van der Waals surface area contributed by atoms with Crippen molar-refractivity contribution in [3.8, 4) is 5.75 Å². The Balaban J connectivity index is 1.84. The van der Waals surface area contributed by atoms with Crippen molar-refractivity contribution in [3.63, 3.8) is 0 Å². The molecule has 0 bridgehead atoms. The fourth-order valence-corrected chi connectivity index (χ4v) is 3.05. The van der Waals surface area contributed by atoms with E-state index >= 15 is 0 Å². The molecule has 0 spiro atoms. The number of rotatable bonds is 2. The van der Waals surface area contributed by atoms with Gasteiger partial charge in [-0.3, -0.25) is 0 Å². The standard InChI is InChI=1S/C21H15ClO/c22-17-12-10-15(11-13-17)19-14-21(16-6-2-1-3-7-16)23-20-9-5-4-8-18(19)20/h1-14,19H. The van der Waals surface area contributed by atoms with Gasteiger partial charge in [0.2, 0.25) is 0 Å². The molecule has 0 aliphatic carbocycles. The monoisotopic (exact) mass is 318 g/mol. The summed E-state index contributed by atoms with van der Waals surface area (Å²) in [4.78, 5) is 0. The van der Waals surface area contributed by atoms with Gasteiger partial charge in [0.05, 0.1) is 0 Å². The molecule has 0 fully saturated rings. The molecule has 0 aromatic heterocycles. The minimum atomic E-state index is 0.160. The molecule has 2 heteroatoms. The van der Waals surface area contributed by atoms with Gasteiger partial charge >= 0.3 is 0 Å². The largest absolute Gasteiger partial charge is 0.457 e. The van der Waals surface area contributed by atoms with Crippen molar-refractivity contribution in [2.45, 2.75) is 5.92 Å². The minimum Gasteiger partial charge on any atom is -0.457 e. The Hall–Kier alpha value is -2.51. The Kier molecular flexibility index (Phi) is 3.64. The third-order valence-electron chi connectivity index (χ3n) is 4.08. The highest BCUT2D eigenvalue weighted by atomic mass is 35.5. The van der Waals surface area contributed by atoms with Gasteiger partial charge in [-0.05, 0) is 29.8 Å². The first-order valence-electron chi connectivity index (χ1n) is 7.61. The molecule has 0 N–H and O–H groups in total. The summed E-state index contributed by atoms with van der Waals surface area (Å²) in [5.41, 5.74) is 3.47. The average molecular weight is 319 g/mol. The van der Waals surface area contributed by atoms with E-state index in [9.17, 15) is 0 Å². The van der Waals surface area contributed by atoms with E-state index in [1.807, 2.05) is 48.5 Å². The maximum atomic E-state index is 6.13. The molecule has 4 rings (SSSR count). The van der Waals surface area contributed by atoms with Crippen molar-refractivity contribution in [1.82, 2.24) is 0 Å². The molecule has 1 aliphatic heterocycles. The maximum absolute atomic E-state index is 6.13. The molecule has 1 nitrogen and oxygen atoms in total. The van der Waals surface area contributed by atoms with E-state index < -0.39 is 0 Å². The van der Waals surface area contributed by atoms with Crippen molar-refractivity contribution in [2.75, 3.05) is 0 Å². The quantitative estimate of drug-likeness (QED) is 0.571. The van der Waals surface area contributed by atoms with Crippen LogP contribution in [0.15, 0.2) is 84.9 Å². The van der Waals surface area contributed by atoms with Gasteiger partial charge in [-0.1, -0.05) is 72.3 Å². The van der Waals surface area contributed by atoms with Crippen molar-refractivity contribution < 1.29 is 4.74 Å². The first-order valence-corrected chi connectivity index (χ1v) is 7.98. The molecule has 23 heavy (non-hydrogen) atoms. The van der Waals surface area contributed by atoms with Crippen molar-refractivity contribution >= 4 is 17.4 Å².